The van der Waals surface area contributed by atoms with Crippen LogP contribution in [0.25, 0.3) is 0 Å². The Labute approximate surface area is 70.1 Å². The smallest absolute Gasteiger partial charge is 0.0433 e. The minimum Gasteiger partial charge on any atom is -0.396 e. The molecule has 0 fully saturated rings. The summed E-state index contributed by atoms with van der Waals surface area (Å²) in [4.78, 5) is 0. The van der Waals surface area contributed by atoms with Crippen LogP contribution in [0.15, 0.2) is 12.2 Å². The predicted octanol–water partition coefficient (Wildman–Crippen LogP) is 2.61. The summed E-state index contributed by atoms with van der Waals surface area (Å²) in [6.45, 7) is 10.8. The van der Waals surface area contributed by atoms with E-state index in [2.05, 4.69) is 27.4 Å². The van der Waals surface area contributed by atoms with Crippen LogP contribution in [0.5, 0.6) is 0 Å². The Morgan fingerprint density at radius 2 is 2.00 bits per heavy atom. The van der Waals surface area contributed by atoms with Gasteiger partial charge in [0.15, 0.2) is 0 Å². The summed E-state index contributed by atoms with van der Waals surface area (Å²) in [5.41, 5.74) is 1.30. The SMILES string of the molecule is C=C(CC)C(C)C(C)CCO. The fourth-order valence-corrected chi connectivity index (χ4v) is 1.18. The number of hydrogen-bond donors (Lipinski definition) is 1. The number of hydrogen-bond acceptors (Lipinski definition) is 1. The highest BCUT2D eigenvalue weighted by atomic mass is 16.3. The molecule has 0 rings (SSSR count). The van der Waals surface area contributed by atoms with Gasteiger partial charge >= 0.3 is 0 Å². The van der Waals surface area contributed by atoms with Gasteiger partial charge in [0.1, 0.15) is 0 Å². The molecule has 0 saturated heterocycles. The van der Waals surface area contributed by atoms with E-state index in [9.17, 15) is 0 Å². The number of allylic oxidation sites excluding steroid dienone is 1. The molecule has 0 spiro atoms. The van der Waals surface area contributed by atoms with Gasteiger partial charge in [-0.05, 0) is 24.7 Å². The Hall–Kier alpha value is -0.300. The van der Waals surface area contributed by atoms with E-state index in [1.54, 1.807) is 0 Å². The third-order valence-electron chi connectivity index (χ3n) is 2.54. The van der Waals surface area contributed by atoms with Crippen molar-refractivity contribution < 1.29 is 5.11 Å². The molecule has 1 nitrogen and oxygen atoms in total. The topological polar surface area (TPSA) is 20.2 Å². The zero-order chi connectivity index (χ0) is 8.85. The molecular formula is C10H20O. The monoisotopic (exact) mass is 156 g/mol. The van der Waals surface area contributed by atoms with E-state index in [4.69, 9.17) is 5.11 Å². The molecule has 0 aliphatic rings. The molecule has 1 N–H and O–H groups in total. The predicted molar refractivity (Wildman–Crippen MR) is 49.5 cm³/mol. The van der Waals surface area contributed by atoms with E-state index in [0.29, 0.717) is 18.4 Å². The van der Waals surface area contributed by atoms with Gasteiger partial charge in [0, 0.05) is 6.61 Å². The van der Waals surface area contributed by atoms with Crippen LogP contribution in [0.3, 0.4) is 0 Å². The first-order valence-corrected chi connectivity index (χ1v) is 4.42. The van der Waals surface area contributed by atoms with Gasteiger partial charge in [0.2, 0.25) is 0 Å². The van der Waals surface area contributed by atoms with Crippen LogP contribution in [0.2, 0.25) is 0 Å². The maximum atomic E-state index is 8.71. The molecule has 0 bridgehead atoms. The van der Waals surface area contributed by atoms with Gasteiger partial charge in [-0.15, -0.1) is 0 Å². The largest absolute Gasteiger partial charge is 0.396 e. The molecule has 2 atom stereocenters. The summed E-state index contributed by atoms with van der Waals surface area (Å²) in [6.07, 6.45) is 1.94. The van der Waals surface area contributed by atoms with Crippen molar-refractivity contribution in [1.29, 1.82) is 0 Å². The lowest BCUT2D eigenvalue weighted by Gasteiger charge is -2.20. The van der Waals surface area contributed by atoms with E-state index >= 15 is 0 Å². The van der Waals surface area contributed by atoms with Crippen molar-refractivity contribution in [1.82, 2.24) is 0 Å². The number of rotatable bonds is 5. The summed E-state index contributed by atoms with van der Waals surface area (Å²) in [6, 6.07) is 0. The van der Waals surface area contributed by atoms with Gasteiger partial charge in [-0.3, -0.25) is 0 Å². The first-order chi connectivity index (χ1) is 5.13. The molecule has 0 amide bonds. The van der Waals surface area contributed by atoms with Gasteiger partial charge in [-0.25, -0.2) is 0 Å². The second-order valence-electron chi connectivity index (χ2n) is 3.29. The first-order valence-electron chi connectivity index (χ1n) is 4.42. The molecule has 66 valence electrons. The molecule has 0 radical (unpaired) electrons. The molecule has 0 saturated carbocycles. The fraction of sp³-hybridized carbons (Fsp3) is 0.800. The van der Waals surface area contributed by atoms with Crippen LogP contribution in [0.4, 0.5) is 0 Å². The minimum absolute atomic E-state index is 0.294. The van der Waals surface area contributed by atoms with Crippen LogP contribution in [-0.2, 0) is 0 Å². The van der Waals surface area contributed by atoms with Crippen molar-refractivity contribution in [3.8, 4) is 0 Å². The Morgan fingerprint density at radius 3 is 2.36 bits per heavy atom. The second-order valence-corrected chi connectivity index (χ2v) is 3.29. The summed E-state index contributed by atoms with van der Waals surface area (Å²) in [5.74, 6) is 1.11. The number of aliphatic hydroxyl groups is 1. The van der Waals surface area contributed by atoms with Crippen LogP contribution < -0.4 is 0 Å². The lowest BCUT2D eigenvalue weighted by molar-refractivity contribution is 0.244. The van der Waals surface area contributed by atoms with Crippen LogP contribution in [0, 0.1) is 11.8 Å². The lowest BCUT2D eigenvalue weighted by Crippen LogP contribution is -2.11. The van der Waals surface area contributed by atoms with Crippen molar-refractivity contribution in [2.45, 2.75) is 33.6 Å². The maximum absolute atomic E-state index is 8.71. The van der Waals surface area contributed by atoms with E-state index in [0.717, 1.165) is 12.8 Å². The minimum atomic E-state index is 0.294. The van der Waals surface area contributed by atoms with Crippen molar-refractivity contribution in [3.05, 3.63) is 12.2 Å². The molecule has 1 heteroatoms. The number of aliphatic hydroxyl groups excluding tert-OH is 1. The molecule has 0 aromatic carbocycles. The van der Waals surface area contributed by atoms with Gasteiger partial charge in [0.25, 0.3) is 0 Å². The highest BCUT2D eigenvalue weighted by molar-refractivity contribution is 4.99. The highest BCUT2D eigenvalue weighted by Crippen LogP contribution is 2.23. The summed E-state index contributed by atoms with van der Waals surface area (Å²) < 4.78 is 0. The quantitative estimate of drug-likeness (QED) is 0.607. The summed E-state index contributed by atoms with van der Waals surface area (Å²) in [7, 11) is 0. The fourth-order valence-electron chi connectivity index (χ4n) is 1.18. The Kier molecular flexibility index (Phi) is 5.22. The van der Waals surface area contributed by atoms with E-state index in [1.165, 1.54) is 5.57 Å². The van der Waals surface area contributed by atoms with Gasteiger partial charge in [-0.2, -0.15) is 0 Å². The van der Waals surface area contributed by atoms with Crippen LogP contribution >= 0.6 is 0 Å². The van der Waals surface area contributed by atoms with E-state index < -0.39 is 0 Å². The molecule has 0 aromatic rings. The standard InChI is InChI=1S/C10H20O/c1-5-8(2)10(4)9(3)6-7-11/h9-11H,2,5-7H2,1,3-4H3. The molecule has 0 aliphatic carbocycles. The maximum Gasteiger partial charge on any atom is 0.0433 e. The average Bonchev–Trinajstić information content (AvgIpc) is 2.02. The Balaban J connectivity index is 3.80. The molecule has 0 heterocycles. The van der Waals surface area contributed by atoms with Crippen LogP contribution in [0.1, 0.15) is 33.6 Å². The normalized spacial score (nSPS) is 16.0. The molecular weight excluding hydrogens is 136 g/mol. The summed E-state index contributed by atoms with van der Waals surface area (Å²) in [5, 5.41) is 8.71. The molecule has 0 aliphatic heterocycles. The zero-order valence-corrected chi connectivity index (χ0v) is 7.93. The highest BCUT2D eigenvalue weighted by Gasteiger charge is 2.12. The average molecular weight is 156 g/mol. The first kappa shape index (κ1) is 10.7. The van der Waals surface area contributed by atoms with Crippen molar-refractivity contribution in [2.24, 2.45) is 11.8 Å². The molecule has 2 unspecified atom stereocenters. The van der Waals surface area contributed by atoms with Gasteiger partial charge in [0.05, 0.1) is 0 Å². The van der Waals surface area contributed by atoms with Crippen LogP contribution in [-0.4, -0.2) is 11.7 Å². The second kappa shape index (κ2) is 5.36. The van der Waals surface area contributed by atoms with Gasteiger partial charge < -0.3 is 5.11 Å². The van der Waals surface area contributed by atoms with Gasteiger partial charge in [-0.1, -0.05) is 32.9 Å². The molecule has 11 heavy (non-hydrogen) atoms. The van der Waals surface area contributed by atoms with Crippen molar-refractivity contribution in [3.63, 3.8) is 0 Å². The third kappa shape index (κ3) is 3.57. The van der Waals surface area contributed by atoms with Crippen molar-refractivity contribution in [2.75, 3.05) is 6.61 Å². The zero-order valence-electron chi connectivity index (χ0n) is 7.93. The Bertz CT molecular complexity index is 118. The lowest BCUT2D eigenvalue weighted by atomic mass is 9.86. The molecule has 0 aromatic heterocycles. The Morgan fingerprint density at radius 1 is 1.45 bits per heavy atom. The van der Waals surface area contributed by atoms with Crippen molar-refractivity contribution >= 4 is 0 Å². The van der Waals surface area contributed by atoms with E-state index in [1.807, 2.05) is 0 Å². The third-order valence-corrected chi connectivity index (χ3v) is 2.54. The summed E-state index contributed by atoms with van der Waals surface area (Å²) >= 11 is 0. The van der Waals surface area contributed by atoms with E-state index in [-0.39, 0.29) is 0 Å².